The second-order valence-corrected chi connectivity index (χ2v) is 10.8. The number of fused-ring (bicyclic) bond motifs is 8. The van der Waals surface area contributed by atoms with Crippen molar-refractivity contribution in [1.82, 2.24) is 0 Å². The lowest BCUT2D eigenvalue weighted by Crippen LogP contribution is -2.59. The number of esters is 3. The number of rotatable bonds is 2. The molecule has 7 rings (SSSR count). The normalized spacial score (nSPS) is 23.0. The highest BCUT2D eigenvalue weighted by molar-refractivity contribution is 6.10. The first-order valence-corrected chi connectivity index (χ1v) is 12.9. The minimum absolute atomic E-state index is 0.0563. The van der Waals surface area contributed by atoms with Crippen LogP contribution in [0.4, 0.5) is 0 Å². The maximum Gasteiger partial charge on any atom is 0.342 e. The zero-order valence-electron chi connectivity index (χ0n) is 22.4. The van der Waals surface area contributed by atoms with Crippen LogP contribution in [0, 0.1) is 0 Å². The number of hydrogen-bond donors (Lipinski definition) is 2. The second kappa shape index (κ2) is 8.03. The standard InChI is InChI=1S/C31H24O10/c1-30(2)31-21(29(36)41-30)17-18(27(34)37-3)22(32)13-9-5-7-11-15(13)24(17)39-26(31)20-19(28(35)38-4)23(33)14-10-6-8-12-16(14)25(20)40-31/h5-12,21,26,32-33H,1-4H3/t21-,26+,31-/m1/s1. The highest BCUT2D eigenvalue weighted by Crippen LogP contribution is 2.68. The topological polar surface area (TPSA) is 138 Å². The number of methoxy groups -OCH3 is 2. The highest BCUT2D eigenvalue weighted by Gasteiger charge is 2.76. The van der Waals surface area contributed by atoms with Gasteiger partial charge >= 0.3 is 17.9 Å². The van der Waals surface area contributed by atoms with Crippen LogP contribution in [0.1, 0.15) is 57.7 Å². The summed E-state index contributed by atoms with van der Waals surface area (Å²) in [5.41, 5.74) is -3.23. The van der Waals surface area contributed by atoms with Crippen LogP contribution in [0.25, 0.3) is 21.5 Å². The molecule has 2 N–H and O–H groups in total. The van der Waals surface area contributed by atoms with Crippen LogP contribution < -0.4 is 9.47 Å². The van der Waals surface area contributed by atoms with Crippen LogP contribution in [0.15, 0.2) is 48.5 Å². The van der Waals surface area contributed by atoms with E-state index in [2.05, 4.69) is 0 Å². The molecule has 4 aromatic rings. The molecule has 1 saturated heterocycles. The van der Waals surface area contributed by atoms with Crippen molar-refractivity contribution in [3.8, 4) is 23.0 Å². The highest BCUT2D eigenvalue weighted by atomic mass is 16.6. The number of cyclic esters (lactones) is 1. The summed E-state index contributed by atoms with van der Waals surface area (Å²) in [6.45, 7) is 3.30. The average molecular weight is 557 g/mol. The van der Waals surface area contributed by atoms with Gasteiger partial charge in [0.15, 0.2) is 11.7 Å². The fourth-order valence-corrected chi connectivity index (χ4v) is 6.79. The maximum atomic E-state index is 13.9. The second-order valence-electron chi connectivity index (χ2n) is 10.8. The minimum atomic E-state index is -1.67. The summed E-state index contributed by atoms with van der Waals surface area (Å²) in [4.78, 5) is 40.3. The third-order valence-electron chi connectivity index (χ3n) is 8.54. The van der Waals surface area contributed by atoms with Crippen molar-refractivity contribution >= 4 is 39.5 Å². The molecule has 1 spiro atoms. The average Bonchev–Trinajstić information content (AvgIpc) is 3.42. The molecule has 10 nitrogen and oxygen atoms in total. The molecule has 0 aliphatic carbocycles. The zero-order chi connectivity index (χ0) is 29.0. The van der Waals surface area contributed by atoms with Gasteiger partial charge in [-0.25, -0.2) is 9.59 Å². The Bertz CT molecular complexity index is 1870. The van der Waals surface area contributed by atoms with E-state index in [-0.39, 0.29) is 45.3 Å². The van der Waals surface area contributed by atoms with Gasteiger partial charge in [0.25, 0.3) is 0 Å². The third-order valence-corrected chi connectivity index (χ3v) is 8.54. The Hall–Kier alpha value is -4.99. The predicted octanol–water partition coefficient (Wildman–Crippen LogP) is 4.66. The number of ether oxygens (including phenoxy) is 5. The number of phenols is 2. The molecule has 0 bridgehead atoms. The van der Waals surface area contributed by atoms with E-state index in [1.807, 2.05) is 0 Å². The molecule has 4 aromatic carbocycles. The maximum absolute atomic E-state index is 13.9. The number of phenolic OH excluding ortho intramolecular Hbond substituents is 2. The van der Waals surface area contributed by atoms with Gasteiger partial charge in [-0.05, 0) is 13.8 Å². The number of hydrogen-bond acceptors (Lipinski definition) is 10. The quantitative estimate of drug-likeness (QED) is 0.265. The van der Waals surface area contributed by atoms with Crippen molar-refractivity contribution in [3.63, 3.8) is 0 Å². The monoisotopic (exact) mass is 556 g/mol. The summed E-state index contributed by atoms with van der Waals surface area (Å²) in [5, 5.41) is 24.2. The molecule has 1 fully saturated rings. The van der Waals surface area contributed by atoms with Crippen LogP contribution in [0.5, 0.6) is 23.0 Å². The summed E-state index contributed by atoms with van der Waals surface area (Å²) in [7, 11) is 2.36. The largest absolute Gasteiger partial charge is 0.506 e. The van der Waals surface area contributed by atoms with E-state index in [1.165, 1.54) is 14.2 Å². The summed E-state index contributed by atoms with van der Waals surface area (Å²) in [6, 6.07) is 13.5. The summed E-state index contributed by atoms with van der Waals surface area (Å²) in [6.07, 6.45) is -1.18. The molecule has 3 aliphatic rings. The third kappa shape index (κ3) is 2.83. The Morgan fingerprint density at radius 1 is 0.756 bits per heavy atom. The predicted molar refractivity (Wildman–Crippen MR) is 144 cm³/mol. The van der Waals surface area contributed by atoms with E-state index in [9.17, 15) is 24.6 Å². The number of carbonyl (C=O) groups is 3. The first kappa shape index (κ1) is 25.0. The van der Waals surface area contributed by atoms with Crippen molar-refractivity contribution in [3.05, 3.63) is 70.8 Å². The lowest BCUT2D eigenvalue weighted by molar-refractivity contribution is -0.154. The molecule has 3 aliphatic heterocycles. The minimum Gasteiger partial charge on any atom is -0.506 e. The Balaban J connectivity index is 1.66. The molecule has 41 heavy (non-hydrogen) atoms. The Labute approximate surface area is 232 Å². The molecule has 0 unspecified atom stereocenters. The molecular formula is C31H24O10. The number of carbonyl (C=O) groups excluding carboxylic acids is 3. The molecule has 3 heterocycles. The number of benzene rings is 4. The van der Waals surface area contributed by atoms with Crippen molar-refractivity contribution in [2.75, 3.05) is 14.2 Å². The SMILES string of the molecule is COC(=O)c1c2c(c3ccccc3c1O)O[C@@]13[C@H]2Oc2c(c(C(=O)OC)c(O)c4ccccc24)[C@@H]1C(=O)OC3(C)C. The Morgan fingerprint density at radius 3 is 1.78 bits per heavy atom. The van der Waals surface area contributed by atoms with Crippen molar-refractivity contribution in [1.29, 1.82) is 0 Å². The van der Waals surface area contributed by atoms with Crippen LogP contribution >= 0.6 is 0 Å². The van der Waals surface area contributed by atoms with E-state index < -0.39 is 41.1 Å². The van der Waals surface area contributed by atoms with Crippen molar-refractivity contribution < 1.29 is 48.3 Å². The van der Waals surface area contributed by atoms with Gasteiger partial charge < -0.3 is 33.9 Å². The first-order chi connectivity index (χ1) is 19.6. The lowest BCUT2D eigenvalue weighted by atomic mass is 9.67. The lowest BCUT2D eigenvalue weighted by Gasteiger charge is -2.45. The van der Waals surface area contributed by atoms with Crippen LogP contribution in [-0.4, -0.2) is 53.5 Å². The van der Waals surface area contributed by atoms with Gasteiger partial charge in [0.1, 0.15) is 40.0 Å². The summed E-state index contributed by atoms with van der Waals surface area (Å²) < 4.78 is 29.5. The molecule has 0 radical (unpaired) electrons. The van der Waals surface area contributed by atoms with E-state index >= 15 is 0 Å². The summed E-state index contributed by atoms with van der Waals surface area (Å²) in [5.74, 6) is -4.10. The van der Waals surface area contributed by atoms with Gasteiger partial charge in [-0.15, -0.1) is 0 Å². The van der Waals surface area contributed by atoms with E-state index in [0.717, 1.165) is 0 Å². The van der Waals surface area contributed by atoms with Crippen molar-refractivity contribution in [2.24, 2.45) is 0 Å². The first-order valence-electron chi connectivity index (χ1n) is 12.9. The molecule has 3 atom stereocenters. The fourth-order valence-electron chi connectivity index (χ4n) is 6.79. The molecule has 0 aromatic heterocycles. The van der Waals surface area contributed by atoms with E-state index in [1.54, 1.807) is 62.4 Å². The van der Waals surface area contributed by atoms with Gasteiger partial charge in [0.2, 0.25) is 5.60 Å². The van der Waals surface area contributed by atoms with Gasteiger partial charge in [-0.2, -0.15) is 0 Å². The molecule has 10 heteroatoms. The van der Waals surface area contributed by atoms with E-state index in [4.69, 9.17) is 23.7 Å². The molecule has 208 valence electrons. The molecule has 0 saturated carbocycles. The Kier molecular flexibility index (Phi) is 4.90. The molecular weight excluding hydrogens is 532 g/mol. The van der Waals surface area contributed by atoms with Gasteiger partial charge in [0.05, 0.1) is 19.8 Å². The van der Waals surface area contributed by atoms with Crippen LogP contribution in [-0.2, 0) is 19.0 Å². The fraction of sp³-hybridized carbons (Fsp3) is 0.258. The molecule has 0 amide bonds. The smallest absolute Gasteiger partial charge is 0.342 e. The zero-order valence-corrected chi connectivity index (χ0v) is 22.4. The van der Waals surface area contributed by atoms with Crippen molar-refractivity contribution in [2.45, 2.75) is 37.1 Å². The van der Waals surface area contributed by atoms with Gasteiger partial charge in [-0.1, -0.05) is 48.5 Å². The van der Waals surface area contributed by atoms with Crippen LogP contribution in [0.3, 0.4) is 0 Å². The van der Waals surface area contributed by atoms with Crippen LogP contribution in [0.2, 0.25) is 0 Å². The number of aromatic hydroxyl groups is 2. The van der Waals surface area contributed by atoms with E-state index in [0.29, 0.717) is 21.5 Å². The summed E-state index contributed by atoms with van der Waals surface area (Å²) >= 11 is 0. The van der Waals surface area contributed by atoms with Gasteiger partial charge in [-0.3, -0.25) is 4.79 Å². The van der Waals surface area contributed by atoms with Gasteiger partial charge in [0, 0.05) is 27.1 Å². The Morgan fingerprint density at radius 2 is 1.24 bits per heavy atom.